The fraction of sp³-hybridized carbons (Fsp3) is 0.300. The summed E-state index contributed by atoms with van der Waals surface area (Å²) in [5.41, 5.74) is 2.15. The van der Waals surface area contributed by atoms with Gasteiger partial charge in [-0.3, -0.25) is 4.79 Å². The Kier molecular flexibility index (Phi) is 5.41. The third-order valence-corrected chi connectivity index (χ3v) is 4.06. The van der Waals surface area contributed by atoms with Crippen LogP contribution in [0.4, 0.5) is 5.69 Å². The summed E-state index contributed by atoms with van der Waals surface area (Å²) in [5.74, 6) is 0.110. The molecule has 1 aliphatic rings. The summed E-state index contributed by atoms with van der Waals surface area (Å²) >= 11 is 0. The maximum absolute atomic E-state index is 12.3. The standard InChI is InChI=1S/C20H21NO5/c1-3-14-4-7-16(8-5-14)21-19(22)13(2)26-20(23)15-6-9-17-18(12-15)25-11-10-24-17/h4-9,12-13H,3,10-11H2,1-2H3,(H,21,22)/t13-/m0/s1. The van der Waals surface area contributed by atoms with Gasteiger partial charge in [0, 0.05) is 5.69 Å². The lowest BCUT2D eigenvalue weighted by Gasteiger charge is -2.19. The van der Waals surface area contributed by atoms with Crippen LogP contribution in [0.25, 0.3) is 0 Å². The number of esters is 1. The van der Waals surface area contributed by atoms with Gasteiger partial charge in [0.15, 0.2) is 17.6 Å². The van der Waals surface area contributed by atoms with Gasteiger partial charge in [0.05, 0.1) is 5.56 Å². The number of nitrogens with one attached hydrogen (secondary N) is 1. The number of rotatable bonds is 5. The molecule has 0 radical (unpaired) electrons. The second-order valence-electron chi connectivity index (χ2n) is 5.95. The van der Waals surface area contributed by atoms with Crippen molar-refractivity contribution in [3.05, 3.63) is 53.6 Å². The summed E-state index contributed by atoms with van der Waals surface area (Å²) in [4.78, 5) is 24.5. The molecule has 1 aliphatic heterocycles. The van der Waals surface area contributed by atoms with Crippen LogP contribution in [0.15, 0.2) is 42.5 Å². The van der Waals surface area contributed by atoms with Gasteiger partial charge in [-0.1, -0.05) is 19.1 Å². The maximum Gasteiger partial charge on any atom is 0.339 e. The van der Waals surface area contributed by atoms with Crippen molar-refractivity contribution in [1.82, 2.24) is 0 Å². The largest absolute Gasteiger partial charge is 0.486 e. The molecule has 26 heavy (non-hydrogen) atoms. The van der Waals surface area contributed by atoms with E-state index in [2.05, 4.69) is 12.2 Å². The Morgan fingerprint density at radius 1 is 1.08 bits per heavy atom. The van der Waals surface area contributed by atoms with Crippen LogP contribution < -0.4 is 14.8 Å². The fourth-order valence-electron chi connectivity index (χ4n) is 2.52. The minimum Gasteiger partial charge on any atom is -0.486 e. The zero-order chi connectivity index (χ0) is 18.5. The second-order valence-corrected chi connectivity index (χ2v) is 5.95. The highest BCUT2D eigenvalue weighted by Gasteiger charge is 2.21. The summed E-state index contributed by atoms with van der Waals surface area (Å²) in [6.45, 7) is 4.51. The molecule has 0 fully saturated rings. The van der Waals surface area contributed by atoms with Gasteiger partial charge in [-0.15, -0.1) is 0 Å². The number of anilines is 1. The van der Waals surface area contributed by atoms with Crippen LogP contribution in [0, 0.1) is 0 Å². The molecule has 1 heterocycles. The summed E-state index contributed by atoms with van der Waals surface area (Å²) in [5, 5.41) is 2.74. The Morgan fingerprint density at radius 2 is 1.77 bits per heavy atom. The average Bonchev–Trinajstić information content (AvgIpc) is 2.68. The second kappa shape index (κ2) is 7.91. The van der Waals surface area contributed by atoms with Crippen molar-refractivity contribution in [2.24, 2.45) is 0 Å². The molecule has 2 aromatic carbocycles. The lowest BCUT2D eigenvalue weighted by molar-refractivity contribution is -0.123. The molecule has 6 nitrogen and oxygen atoms in total. The van der Waals surface area contributed by atoms with Gasteiger partial charge < -0.3 is 19.5 Å². The Morgan fingerprint density at radius 3 is 2.46 bits per heavy atom. The molecule has 1 amide bonds. The van der Waals surface area contributed by atoms with Crippen LogP contribution in [-0.4, -0.2) is 31.2 Å². The van der Waals surface area contributed by atoms with Crippen molar-refractivity contribution in [3.8, 4) is 11.5 Å². The number of benzene rings is 2. The number of ether oxygens (including phenoxy) is 3. The fourth-order valence-corrected chi connectivity index (χ4v) is 2.52. The minimum atomic E-state index is -0.929. The van der Waals surface area contributed by atoms with E-state index in [1.165, 1.54) is 12.5 Å². The maximum atomic E-state index is 12.3. The molecule has 0 aliphatic carbocycles. The summed E-state index contributed by atoms with van der Waals surface area (Å²) in [6, 6.07) is 12.3. The van der Waals surface area contributed by atoms with Crippen LogP contribution in [0.1, 0.15) is 29.8 Å². The number of hydrogen-bond donors (Lipinski definition) is 1. The summed E-state index contributed by atoms with van der Waals surface area (Å²) in [6.07, 6.45) is -0.000770. The quantitative estimate of drug-likeness (QED) is 0.834. The predicted molar refractivity (Wildman–Crippen MR) is 96.8 cm³/mol. The first-order valence-corrected chi connectivity index (χ1v) is 8.57. The highest BCUT2D eigenvalue weighted by Crippen LogP contribution is 2.31. The number of carbonyl (C=O) groups is 2. The normalized spacial score (nSPS) is 13.6. The molecule has 136 valence electrons. The van der Waals surface area contributed by atoms with Gasteiger partial charge in [0.2, 0.25) is 0 Å². The lowest BCUT2D eigenvalue weighted by atomic mass is 10.1. The van der Waals surface area contributed by atoms with E-state index in [9.17, 15) is 9.59 Å². The zero-order valence-electron chi connectivity index (χ0n) is 14.8. The van der Waals surface area contributed by atoms with E-state index >= 15 is 0 Å². The van der Waals surface area contributed by atoms with Gasteiger partial charge >= 0.3 is 5.97 Å². The Labute approximate surface area is 152 Å². The van der Waals surface area contributed by atoms with Crippen molar-refractivity contribution in [2.45, 2.75) is 26.4 Å². The number of fused-ring (bicyclic) bond motifs is 1. The third-order valence-electron chi connectivity index (χ3n) is 4.06. The first kappa shape index (κ1) is 17.8. The zero-order valence-corrected chi connectivity index (χ0v) is 14.8. The van der Waals surface area contributed by atoms with Crippen molar-refractivity contribution >= 4 is 17.6 Å². The number of carbonyl (C=O) groups excluding carboxylic acids is 2. The first-order valence-electron chi connectivity index (χ1n) is 8.57. The van der Waals surface area contributed by atoms with Crippen LogP contribution in [0.2, 0.25) is 0 Å². The van der Waals surface area contributed by atoms with Crippen LogP contribution in [0.3, 0.4) is 0 Å². The Hall–Kier alpha value is -3.02. The molecular formula is C20H21NO5. The van der Waals surface area contributed by atoms with E-state index in [-0.39, 0.29) is 5.91 Å². The van der Waals surface area contributed by atoms with Crippen LogP contribution in [-0.2, 0) is 16.0 Å². The summed E-state index contributed by atoms with van der Waals surface area (Å²) in [7, 11) is 0. The number of aryl methyl sites for hydroxylation is 1. The number of hydrogen-bond acceptors (Lipinski definition) is 5. The molecule has 0 aromatic heterocycles. The van der Waals surface area contributed by atoms with E-state index in [1.807, 2.05) is 24.3 Å². The van der Waals surface area contributed by atoms with Crippen LogP contribution in [0.5, 0.6) is 11.5 Å². The van der Waals surface area contributed by atoms with Gasteiger partial charge in [-0.2, -0.15) is 0 Å². The SMILES string of the molecule is CCc1ccc(NC(=O)[C@H](C)OC(=O)c2ccc3c(c2)OCCO3)cc1. The van der Waals surface area contributed by atoms with E-state index < -0.39 is 12.1 Å². The van der Waals surface area contributed by atoms with Crippen molar-refractivity contribution in [3.63, 3.8) is 0 Å². The summed E-state index contributed by atoms with van der Waals surface area (Å²) < 4.78 is 16.1. The van der Waals surface area contributed by atoms with Gasteiger partial charge in [0.1, 0.15) is 13.2 Å². The number of amides is 1. The molecule has 0 saturated carbocycles. The minimum absolute atomic E-state index is 0.307. The molecule has 1 N–H and O–H groups in total. The Balaban J connectivity index is 1.60. The predicted octanol–water partition coefficient (Wildman–Crippen LogP) is 3.20. The van der Waals surface area contributed by atoms with Gasteiger partial charge in [0.25, 0.3) is 5.91 Å². The molecule has 0 spiro atoms. The van der Waals surface area contributed by atoms with Crippen molar-refractivity contribution in [2.75, 3.05) is 18.5 Å². The lowest BCUT2D eigenvalue weighted by Crippen LogP contribution is -2.30. The molecule has 0 unspecified atom stereocenters. The molecule has 6 heteroatoms. The van der Waals surface area contributed by atoms with E-state index in [0.29, 0.717) is 36.0 Å². The van der Waals surface area contributed by atoms with Crippen molar-refractivity contribution in [1.29, 1.82) is 0 Å². The molecule has 2 aromatic rings. The molecule has 1 atom stereocenters. The van der Waals surface area contributed by atoms with E-state index in [4.69, 9.17) is 14.2 Å². The van der Waals surface area contributed by atoms with Gasteiger partial charge in [-0.25, -0.2) is 4.79 Å². The molecule has 0 bridgehead atoms. The average molecular weight is 355 g/mol. The van der Waals surface area contributed by atoms with E-state index in [1.54, 1.807) is 18.2 Å². The molecule has 3 rings (SSSR count). The topological polar surface area (TPSA) is 73.9 Å². The monoisotopic (exact) mass is 355 g/mol. The Bertz CT molecular complexity index is 800. The third kappa shape index (κ3) is 4.14. The molecule has 0 saturated heterocycles. The van der Waals surface area contributed by atoms with E-state index in [0.717, 1.165) is 6.42 Å². The highest BCUT2D eigenvalue weighted by molar-refractivity contribution is 5.97. The van der Waals surface area contributed by atoms with Crippen molar-refractivity contribution < 1.29 is 23.8 Å². The van der Waals surface area contributed by atoms with Crippen LogP contribution >= 0.6 is 0 Å². The highest BCUT2D eigenvalue weighted by atomic mass is 16.6. The van der Waals surface area contributed by atoms with Gasteiger partial charge in [-0.05, 0) is 49.2 Å². The first-order chi connectivity index (χ1) is 12.6. The molecular weight excluding hydrogens is 334 g/mol. The smallest absolute Gasteiger partial charge is 0.339 e.